The Hall–Kier alpha value is -2.50. The molecule has 0 fully saturated rings. The molecule has 0 radical (unpaired) electrons. The van der Waals surface area contributed by atoms with Crippen LogP contribution in [0.15, 0.2) is 28.8 Å². The number of benzene rings is 1. The number of hydrogen-bond donors (Lipinski definition) is 2. The Morgan fingerprint density at radius 3 is 2.88 bits per heavy atom. The van der Waals surface area contributed by atoms with E-state index in [4.69, 9.17) is 10.3 Å². The third kappa shape index (κ3) is 3.37. The predicted molar refractivity (Wildman–Crippen MR) is 94.2 cm³/mol. The minimum atomic E-state index is -0.535. The monoisotopic (exact) mass is 328 g/mol. The fourth-order valence-electron chi connectivity index (χ4n) is 3.05. The number of nitrogens with two attached hydrogens (primary N) is 1. The van der Waals surface area contributed by atoms with Gasteiger partial charge in [-0.1, -0.05) is 32.0 Å². The maximum Gasteiger partial charge on any atom is 0.316 e. The minimum absolute atomic E-state index is 0.0520. The van der Waals surface area contributed by atoms with E-state index in [1.807, 2.05) is 18.2 Å². The van der Waals surface area contributed by atoms with Gasteiger partial charge >= 0.3 is 6.03 Å². The number of rotatable bonds is 3. The Bertz CT molecular complexity index is 746. The molecule has 128 valence electrons. The lowest BCUT2D eigenvalue weighted by molar-refractivity contribution is 0.259. The van der Waals surface area contributed by atoms with E-state index in [9.17, 15) is 4.79 Å². The number of carbonyl (C=O) groups excluding carboxylic acids is 1. The van der Waals surface area contributed by atoms with Crippen molar-refractivity contribution in [2.45, 2.75) is 45.6 Å². The van der Waals surface area contributed by atoms with E-state index in [0.29, 0.717) is 6.54 Å². The molecule has 0 saturated heterocycles. The molecule has 0 unspecified atom stereocenters. The van der Waals surface area contributed by atoms with E-state index >= 15 is 0 Å². The van der Waals surface area contributed by atoms with Gasteiger partial charge in [0.2, 0.25) is 0 Å². The van der Waals surface area contributed by atoms with Gasteiger partial charge < -0.3 is 20.5 Å². The quantitative estimate of drug-likeness (QED) is 0.904. The molecule has 2 amide bonds. The zero-order chi connectivity index (χ0) is 17.3. The van der Waals surface area contributed by atoms with Crippen molar-refractivity contribution in [3.8, 4) is 0 Å². The second kappa shape index (κ2) is 6.19. The molecule has 2 aromatic rings. The fraction of sp³-hybridized carbons (Fsp3) is 0.444. The maximum absolute atomic E-state index is 11.2. The van der Waals surface area contributed by atoms with Crippen LogP contribution < -0.4 is 16.0 Å². The van der Waals surface area contributed by atoms with E-state index < -0.39 is 6.03 Å². The summed E-state index contributed by atoms with van der Waals surface area (Å²) < 4.78 is 5.48. The molecule has 0 bridgehead atoms. The second-order valence-corrected chi connectivity index (χ2v) is 7.25. The molecular weight excluding hydrogens is 304 g/mol. The van der Waals surface area contributed by atoms with Crippen molar-refractivity contribution >= 4 is 17.4 Å². The summed E-state index contributed by atoms with van der Waals surface area (Å²) in [4.78, 5) is 13.5. The van der Waals surface area contributed by atoms with E-state index in [-0.39, 0.29) is 5.41 Å². The van der Waals surface area contributed by atoms with Crippen molar-refractivity contribution in [2.24, 2.45) is 5.73 Å². The van der Waals surface area contributed by atoms with Crippen molar-refractivity contribution in [1.29, 1.82) is 0 Å². The van der Waals surface area contributed by atoms with Crippen LogP contribution in [0.5, 0.6) is 0 Å². The van der Waals surface area contributed by atoms with E-state index in [0.717, 1.165) is 47.8 Å². The van der Waals surface area contributed by atoms with Gasteiger partial charge in [0.1, 0.15) is 11.5 Å². The van der Waals surface area contributed by atoms with Gasteiger partial charge in [0.05, 0.1) is 6.54 Å². The maximum atomic E-state index is 11.2. The Kier molecular flexibility index (Phi) is 4.22. The molecule has 0 saturated carbocycles. The Labute approximate surface area is 142 Å². The van der Waals surface area contributed by atoms with Gasteiger partial charge in [-0.25, -0.2) is 4.79 Å². The van der Waals surface area contributed by atoms with Crippen LogP contribution in [-0.4, -0.2) is 17.7 Å². The van der Waals surface area contributed by atoms with Crippen molar-refractivity contribution < 1.29 is 9.32 Å². The van der Waals surface area contributed by atoms with Crippen molar-refractivity contribution in [2.75, 3.05) is 16.8 Å². The molecular formula is C18H24N4O2. The topological polar surface area (TPSA) is 84.4 Å². The van der Waals surface area contributed by atoms with E-state index in [1.54, 1.807) is 0 Å². The van der Waals surface area contributed by atoms with Crippen LogP contribution in [0.2, 0.25) is 0 Å². The summed E-state index contributed by atoms with van der Waals surface area (Å²) >= 11 is 0. The number of anilines is 2. The summed E-state index contributed by atoms with van der Waals surface area (Å²) in [5, 5.41) is 6.93. The van der Waals surface area contributed by atoms with Crippen LogP contribution in [0.25, 0.3) is 0 Å². The number of hydrogen-bond acceptors (Lipinski definition) is 4. The van der Waals surface area contributed by atoms with Crippen LogP contribution in [0, 0.1) is 0 Å². The first kappa shape index (κ1) is 16.4. The Balaban J connectivity index is 1.85. The third-order valence-electron chi connectivity index (χ3n) is 4.26. The van der Waals surface area contributed by atoms with Crippen molar-refractivity contribution in [3.63, 3.8) is 0 Å². The number of fused-ring (bicyclic) bond motifs is 1. The first-order chi connectivity index (χ1) is 11.3. The first-order valence-electron chi connectivity index (χ1n) is 8.24. The summed E-state index contributed by atoms with van der Waals surface area (Å²) in [6.07, 6.45) is 1.95. The summed E-state index contributed by atoms with van der Waals surface area (Å²) in [6, 6.07) is 7.39. The first-order valence-corrected chi connectivity index (χ1v) is 8.24. The van der Waals surface area contributed by atoms with Gasteiger partial charge in [-0.3, -0.25) is 0 Å². The number of nitrogens with zero attached hydrogens (tertiary/aromatic N) is 2. The predicted octanol–water partition coefficient (Wildman–Crippen LogP) is 3.42. The zero-order valence-electron chi connectivity index (χ0n) is 14.4. The molecule has 2 heterocycles. The highest BCUT2D eigenvalue weighted by molar-refractivity contribution is 5.90. The molecule has 6 heteroatoms. The van der Waals surface area contributed by atoms with Crippen LogP contribution in [0.3, 0.4) is 0 Å². The lowest BCUT2D eigenvalue weighted by Gasteiger charge is -2.31. The minimum Gasteiger partial charge on any atom is -0.365 e. The lowest BCUT2D eigenvalue weighted by atomic mass is 9.93. The Morgan fingerprint density at radius 2 is 2.21 bits per heavy atom. The zero-order valence-corrected chi connectivity index (χ0v) is 14.4. The number of carbonyl (C=O) groups is 1. The molecule has 1 aliphatic heterocycles. The Morgan fingerprint density at radius 1 is 1.42 bits per heavy atom. The number of primary amides is 1. The van der Waals surface area contributed by atoms with Crippen LogP contribution >= 0.6 is 0 Å². The molecule has 3 rings (SSSR count). The summed E-state index contributed by atoms with van der Waals surface area (Å²) in [6.45, 7) is 7.96. The number of aromatic nitrogens is 1. The number of amides is 2. The van der Waals surface area contributed by atoms with Crippen molar-refractivity contribution in [3.05, 3.63) is 41.3 Å². The molecule has 0 spiro atoms. The highest BCUT2D eigenvalue weighted by Gasteiger charge is 2.23. The van der Waals surface area contributed by atoms with Gasteiger partial charge in [0.15, 0.2) is 0 Å². The molecule has 6 nitrogen and oxygen atoms in total. The molecule has 1 aromatic carbocycles. The van der Waals surface area contributed by atoms with Crippen LogP contribution in [0.4, 0.5) is 16.2 Å². The normalized spacial score (nSPS) is 14.4. The number of nitrogens with one attached hydrogen (secondary N) is 1. The fourth-order valence-corrected chi connectivity index (χ4v) is 3.05. The highest BCUT2D eigenvalue weighted by Crippen LogP contribution is 2.34. The SMILES string of the molecule is CC(C)(C)c1cc(CN2CCCc3c(NC(N)=O)cccc32)no1. The summed E-state index contributed by atoms with van der Waals surface area (Å²) in [5.74, 6) is 0.888. The van der Waals surface area contributed by atoms with Crippen LogP contribution in [-0.2, 0) is 18.4 Å². The smallest absolute Gasteiger partial charge is 0.316 e. The van der Waals surface area contributed by atoms with Gasteiger partial charge in [-0.15, -0.1) is 0 Å². The lowest BCUT2D eigenvalue weighted by Crippen LogP contribution is -2.30. The van der Waals surface area contributed by atoms with E-state index in [1.165, 1.54) is 0 Å². The second-order valence-electron chi connectivity index (χ2n) is 7.25. The molecule has 3 N–H and O–H groups in total. The summed E-state index contributed by atoms with van der Waals surface area (Å²) in [7, 11) is 0. The molecule has 0 aliphatic carbocycles. The van der Waals surface area contributed by atoms with Gasteiger partial charge in [0, 0.05) is 29.4 Å². The molecule has 0 atom stereocenters. The average Bonchev–Trinajstić information content (AvgIpc) is 2.96. The highest BCUT2D eigenvalue weighted by atomic mass is 16.5. The molecule has 24 heavy (non-hydrogen) atoms. The van der Waals surface area contributed by atoms with Gasteiger partial charge in [-0.05, 0) is 30.5 Å². The standard InChI is InChI=1S/C18H24N4O2/c1-18(2,3)16-10-12(21-24-16)11-22-9-5-6-13-14(20-17(19)23)7-4-8-15(13)22/h4,7-8,10H,5-6,9,11H2,1-3H3,(H3,19,20,23). The summed E-state index contributed by atoms with van der Waals surface area (Å²) in [5.41, 5.74) is 9.18. The average molecular weight is 328 g/mol. The van der Waals surface area contributed by atoms with Crippen LogP contribution in [0.1, 0.15) is 44.2 Å². The number of urea groups is 1. The van der Waals surface area contributed by atoms with Crippen molar-refractivity contribution in [1.82, 2.24) is 5.16 Å². The van der Waals surface area contributed by atoms with Gasteiger partial charge in [0.25, 0.3) is 0 Å². The van der Waals surface area contributed by atoms with E-state index in [2.05, 4.69) is 42.2 Å². The largest absolute Gasteiger partial charge is 0.365 e. The third-order valence-corrected chi connectivity index (χ3v) is 4.26. The molecule has 1 aromatic heterocycles. The van der Waals surface area contributed by atoms with Gasteiger partial charge in [-0.2, -0.15) is 0 Å². The molecule has 1 aliphatic rings.